The summed E-state index contributed by atoms with van der Waals surface area (Å²) in [5.41, 5.74) is -0.216. The lowest BCUT2D eigenvalue weighted by Crippen LogP contribution is -2.46. The van der Waals surface area contributed by atoms with Crippen LogP contribution in [-0.4, -0.2) is 48.5 Å². The summed E-state index contributed by atoms with van der Waals surface area (Å²) in [5.74, 6) is 0. The van der Waals surface area contributed by atoms with Gasteiger partial charge in [0, 0.05) is 19.4 Å². The maximum atomic E-state index is 9.63. The summed E-state index contributed by atoms with van der Waals surface area (Å²) in [6.45, 7) is 0.858. The standard InChI is InChI=1S/C10H17NO2/c1-11(2)7-10-4-3-9(13-10)5-8(12)6-10/h3-4,8-9,12H,5-7H2,1-2H3/t8-,9-,10-/m1/s1. The average molecular weight is 183 g/mol. The van der Waals surface area contributed by atoms with Crippen LogP contribution in [0.4, 0.5) is 0 Å². The predicted molar refractivity (Wildman–Crippen MR) is 50.5 cm³/mol. The van der Waals surface area contributed by atoms with Crippen molar-refractivity contribution in [3.63, 3.8) is 0 Å². The molecular formula is C10H17NO2. The molecule has 0 aromatic rings. The summed E-state index contributed by atoms with van der Waals surface area (Å²) in [6, 6.07) is 0. The molecule has 2 rings (SSSR count). The van der Waals surface area contributed by atoms with E-state index < -0.39 is 0 Å². The number of likely N-dealkylation sites (N-methyl/N-ethyl adjacent to an activating group) is 1. The topological polar surface area (TPSA) is 32.7 Å². The lowest BCUT2D eigenvalue weighted by atomic mass is 9.93. The van der Waals surface area contributed by atoms with Crippen molar-refractivity contribution in [1.29, 1.82) is 0 Å². The number of rotatable bonds is 2. The fourth-order valence-corrected chi connectivity index (χ4v) is 2.35. The minimum absolute atomic E-state index is 0.142. The second-order valence-electron chi connectivity index (χ2n) is 4.41. The van der Waals surface area contributed by atoms with Crippen LogP contribution >= 0.6 is 0 Å². The molecular weight excluding hydrogens is 166 g/mol. The van der Waals surface area contributed by atoms with Gasteiger partial charge in [0.25, 0.3) is 0 Å². The molecule has 1 N–H and O–H groups in total. The number of hydrogen-bond acceptors (Lipinski definition) is 3. The summed E-state index contributed by atoms with van der Waals surface area (Å²) >= 11 is 0. The Morgan fingerprint density at radius 2 is 2.38 bits per heavy atom. The van der Waals surface area contributed by atoms with Crippen molar-refractivity contribution in [2.75, 3.05) is 20.6 Å². The van der Waals surface area contributed by atoms with Crippen LogP contribution in [0.25, 0.3) is 0 Å². The highest BCUT2D eigenvalue weighted by Crippen LogP contribution is 2.36. The number of aliphatic hydroxyl groups excluding tert-OH is 1. The van der Waals surface area contributed by atoms with Crippen LogP contribution in [0, 0.1) is 0 Å². The average Bonchev–Trinajstić information content (AvgIpc) is 2.24. The van der Waals surface area contributed by atoms with Crippen LogP contribution in [0.2, 0.25) is 0 Å². The fraction of sp³-hybridized carbons (Fsp3) is 0.800. The van der Waals surface area contributed by atoms with Gasteiger partial charge in [-0.05, 0) is 14.1 Å². The Labute approximate surface area is 79.0 Å². The summed E-state index contributed by atoms with van der Waals surface area (Å²) < 4.78 is 5.85. The van der Waals surface area contributed by atoms with Gasteiger partial charge in [0.05, 0.1) is 12.2 Å². The van der Waals surface area contributed by atoms with Gasteiger partial charge in [-0.15, -0.1) is 0 Å². The Bertz CT molecular complexity index is 223. The number of aliphatic hydroxyl groups is 1. The second-order valence-corrected chi connectivity index (χ2v) is 4.41. The van der Waals surface area contributed by atoms with E-state index in [1.807, 2.05) is 14.1 Å². The Kier molecular flexibility index (Phi) is 2.18. The molecule has 3 atom stereocenters. The molecule has 2 bridgehead atoms. The fourth-order valence-electron chi connectivity index (χ4n) is 2.35. The first-order chi connectivity index (χ1) is 6.10. The number of fused-ring (bicyclic) bond motifs is 2. The van der Waals surface area contributed by atoms with Crippen LogP contribution < -0.4 is 0 Å². The first-order valence-electron chi connectivity index (χ1n) is 4.80. The second kappa shape index (κ2) is 3.08. The molecule has 0 amide bonds. The Morgan fingerprint density at radius 1 is 1.62 bits per heavy atom. The molecule has 0 saturated carbocycles. The van der Waals surface area contributed by atoms with E-state index >= 15 is 0 Å². The van der Waals surface area contributed by atoms with E-state index in [1.54, 1.807) is 0 Å². The molecule has 74 valence electrons. The summed E-state index contributed by atoms with van der Waals surface area (Å²) in [4.78, 5) is 2.10. The number of ether oxygens (including phenoxy) is 1. The van der Waals surface area contributed by atoms with Crippen LogP contribution in [0.5, 0.6) is 0 Å². The first-order valence-corrected chi connectivity index (χ1v) is 4.80. The van der Waals surface area contributed by atoms with Gasteiger partial charge in [0.15, 0.2) is 0 Å². The van der Waals surface area contributed by atoms with E-state index in [9.17, 15) is 5.11 Å². The van der Waals surface area contributed by atoms with Gasteiger partial charge in [-0.3, -0.25) is 0 Å². The molecule has 0 aromatic heterocycles. The largest absolute Gasteiger partial charge is 0.393 e. The highest BCUT2D eigenvalue weighted by Gasteiger charge is 2.42. The van der Waals surface area contributed by atoms with Gasteiger partial charge < -0.3 is 14.7 Å². The van der Waals surface area contributed by atoms with Gasteiger partial charge in [-0.2, -0.15) is 0 Å². The zero-order chi connectivity index (χ0) is 9.47. The lowest BCUT2D eigenvalue weighted by Gasteiger charge is -2.37. The normalized spacial score (nSPS) is 43.1. The Hall–Kier alpha value is -0.380. The van der Waals surface area contributed by atoms with Crippen molar-refractivity contribution < 1.29 is 9.84 Å². The lowest BCUT2D eigenvalue weighted by molar-refractivity contribution is -0.111. The number of hydrogen-bond donors (Lipinski definition) is 1. The van der Waals surface area contributed by atoms with Gasteiger partial charge in [0.1, 0.15) is 5.60 Å². The van der Waals surface area contributed by atoms with E-state index in [-0.39, 0.29) is 17.8 Å². The predicted octanol–water partition coefficient (Wildman–Crippen LogP) is 0.396. The molecule has 0 aromatic carbocycles. The van der Waals surface area contributed by atoms with Crippen molar-refractivity contribution in [3.8, 4) is 0 Å². The highest BCUT2D eigenvalue weighted by molar-refractivity contribution is 5.16. The molecule has 2 aliphatic rings. The quantitative estimate of drug-likeness (QED) is 0.629. The van der Waals surface area contributed by atoms with E-state index in [4.69, 9.17) is 4.74 Å². The monoisotopic (exact) mass is 183 g/mol. The van der Waals surface area contributed by atoms with E-state index in [0.717, 1.165) is 19.4 Å². The third kappa shape index (κ3) is 1.77. The summed E-state index contributed by atoms with van der Waals surface area (Å²) in [5, 5.41) is 9.63. The SMILES string of the molecule is CN(C)C[C@@]12C=C[C@H](C[C@@H](O)C1)O2. The first kappa shape index (κ1) is 9.19. The smallest absolute Gasteiger partial charge is 0.102 e. The van der Waals surface area contributed by atoms with Crippen LogP contribution in [0.3, 0.4) is 0 Å². The van der Waals surface area contributed by atoms with Gasteiger partial charge in [-0.25, -0.2) is 0 Å². The van der Waals surface area contributed by atoms with Crippen LogP contribution in [0.1, 0.15) is 12.8 Å². The van der Waals surface area contributed by atoms with E-state index in [2.05, 4.69) is 17.1 Å². The molecule has 0 unspecified atom stereocenters. The maximum absolute atomic E-state index is 9.63. The molecule has 1 fully saturated rings. The van der Waals surface area contributed by atoms with E-state index in [1.165, 1.54) is 0 Å². The van der Waals surface area contributed by atoms with Crippen molar-refractivity contribution in [3.05, 3.63) is 12.2 Å². The molecule has 13 heavy (non-hydrogen) atoms. The minimum Gasteiger partial charge on any atom is -0.393 e. The molecule has 3 heteroatoms. The zero-order valence-corrected chi connectivity index (χ0v) is 8.23. The molecule has 0 spiro atoms. The van der Waals surface area contributed by atoms with Crippen LogP contribution in [0.15, 0.2) is 12.2 Å². The molecule has 3 nitrogen and oxygen atoms in total. The third-order valence-electron chi connectivity index (χ3n) is 2.67. The van der Waals surface area contributed by atoms with Gasteiger partial charge in [-0.1, -0.05) is 12.2 Å². The van der Waals surface area contributed by atoms with Crippen molar-refractivity contribution in [2.24, 2.45) is 0 Å². The number of nitrogens with zero attached hydrogens (tertiary/aromatic N) is 1. The van der Waals surface area contributed by atoms with Crippen molar-refractivity contribution in [1.82, 2.24) is 4.90 Å². The van der Waals surface area contributed by atoms with Gasteiger partial charge >= 0.3 is 0 Å². The van der Waals surface area contributed by atoms with Crippen molar-refractivity contribution >= 4 is 0 Å². The van der Waals surface area contributed by atoms with Crippen molar-refractivity contribution in [2.45, 2.75) is 30.7 Å². The highest BCUT2D eigenvalue weighted by atomic mass is 16.5. The maximum Gasteiger partial charge on any atom is 0.102 e. The third-order valence-corrected chi connectivity index (χ3v) is 2.67. The molecule has 0 aliphatic carbocycles. The Balaban J connectivity index is 2.09. The summed E-state index contributed by atoms with van der Waals surface area (Å²) in [7, 11) is 4.06. The molecule has 1 saturated heterocycles. The minimum atomic E-state index is -0.216. The molecule has 0 radical (unpaired) electrons. The Morgan fingerprint density at radius 3 is 3.08 bits per heavy atom. The van der Waals surface area contributed by atoms with Gasteiger partial charge in [0.2, 0.25) is 0 Å². The summed E-state index contributed by atoms with van der Waals surface area (Å²) in [6.07, 6.45) is 5.63. The van der Waals surface area contributed by atoms with E-state index in [0.29, 0.717) is 0 Å². The van der Waals surface area contributed by atoms with Crippen LogP contribution in [-0.2, 0) is 4.74 Å². The zero-order valence-electron chi connectivity index (χ0n) is 8.23. The molecule has 2 aliphatic heterocycles. The molecule has 2 heterocycles.